The van der Waals surface area contributed by atoms with Crippen LogP contribution in [0, 0.1) is 0 Å². The Morgan fingerprint density at radius 2 is 2.50 bits per heavy atom. The van der Waals surface area contributed by atoms with Gasteiger partial charge in [0.05, 0.1) is 6.61 Å². The first-order valence-corrected chi connectivity index (χ1v) is 2.91. The summed E-state index contributed by atoms with van der Waals surface area (Å²) in [5.41, 5.74) is 0. The molecule has 0 fully saturated rings. The summed E-state index contributed by atoms with van der Waals surface area (Å²) in [5.74, 6) is 0.564. The van der Waals surface area contributed by atoms with Crippen molar-refractivity contribution in [2.45, 2.75) is 0 Å². The molecule has 0 aliphatic rings. The van der Waals surface area contributed by atoms with E-state index in [0.29, 0.717) is 12.5 Å². The largest absolute Gasteiger partial charge is 0.395 e. The SMILES string of the molecule is Cn1nnnc1NCCO. The second-order valence-corrected chi connectivity index (χ2v) is 1.78. The van der Waals surface area contributed by atoms with Gasteiger partial charge in [0.25, 0.3) is 0 Å². The van der Waals surface area contributed by atoms with Crippen LogP contribution in [0.2, 0.25) is 0 Å². The molecule has 10 heavy (non-hydrogen) atoms. The summed E-state index contributed by atoms with van der Waals surface area (Å²) >= 11 is 0. The molecule has 6 heteroatoms. The van der Waals surface area contributed by atoms with Crippen molar-refractivity contribution in [1.29, 1.82) is 0 Å². The van der Waals surface area contributed by atoms with Gasteiger partial charge in [-0.2, -0.15) is 0 Å². The lowest BCUT2D eigenvalue weighted by Crippen LogP contribution is -2.09. The first-order valence-electron chi connectivity index (χ1n) is 2.91. The first kappa shape index (κ1) is 6.94. The van der Waals surface area contributed by atoms with Crippen molar-refractivity contribution in [3.05, 3.63) is 0 Å². The summed E-state index contributed by atoms with van der Waals surface area (Å²) < 4.78 is 1.50. The molecule has 0 spiro atoms. The molecule has 0 saturated heterocycles. The summed E-state index contributed by atoms with van der Waals surface area (Å²) in [6.45, 7) is 0.543. The van der Waals surface area contributed by atoms with Gasteiger partial charge in [-0.1, -0.05) is 5.10 Å². The Labute approximate surface area is 57.9 Å². The van der Waals surface area contributed by atoms with E-state index in [9.17, 15) is 0 Å². The second-order valence-electron chi connectivity index (χ2n) is 1.78. The monoisotopic (exact) mass is 143 g/mol. The number of hydrogen-bond donors (Lipinski definition) is 2. The number of anilines is 1. The number of nitrogens with one attached hydrogen (secondary N) is 1. The van der Waals surface area contributed by atoms with Crippen LogP contribution in [0.4, 0.5) is 5.95 Å². The molecule has 6 nitrogen and oxygen atoms in total. The van der Waals surface area contributed by atoms with Gasteiger partial charge in [0, 0.05) is 13.6 Å². The normalized spacial score (nSPS) is 9.80. The number of aryl methyl sites for hydroxylation is 1. The average Bonchev–Trinajstić information content (AvgIpc) is 2.31. The Balaban J connectivity index is 2.49. The summed E-state index contributed by atoms with van der Waals surface area (Å²) in [5, 5.41) is 21.8. The van der Waals surface area contributed by atoms with E-state index in [0.717, 1.165) is 0 Å². The fourth-order valence-corrected chi connectivity index (χ4v) is 0.547. The molecule has 1 aromatic rings. The molecular weight excluding hydrogens is 134 g/mol. The fraction of sp³-hybridized carbons (Fsp3) is 0.750. The molecule has 0 aliphatic carbocycles. The van der Waals surface area contributed by atoms with E-state index in [2.05, 4.69) is 20.8 Å². The average molecular weight is 143 g/mol. The molecule has 1 rings (SSSR count). The van der Waals surface area contributed by atoms with Crippen molar-refractivity contribution in [3.8, 4) is 0 Å². The van der Waals surface area contributed by atoms with E-state index in [1.54, 1.807) is 7.05 Å². The van der Waals surface area contributed by atoms with E-state index in [-0.39, 0.29) is 6.61 Å². The number of aliphatic hydroxyl groups excluding tert-OH is 1. The maximum absolute atomic E-state index is 8.42. The minimum atomic E-state index is 0.0762. The van der Waals surface area contributed by atoms with E-state index in [1.807, 2.05) is 0 Å². The maximum Gasteiger partial charge on any atom is 0.242 e. The van der Waals surface area contributed by atoms with Crippen LogP contribution in [0.3, 0.4) is 0 Å². The van der Waals surface area contributed by atoms with Crippen molar-refractivity contribution < 1.29 is 5.11 Å². The molecule has 0 unspecified atom stereocenters. The first-order chi connectivity index (χ1) is 4.84. The van der Waals surface area contributed by atoms with Crippen LogP contribution < -0.4 is 5.32 Å². The van der Waals surface area contributed by atoms with Gasteiger partial charge in [0.1, 0.15) is 0 Å². The third-order valence-electron chi connectivity index (χ3n) is 1.02. The van der Waals surface area contributed by atoms with Gasteiger partial charge in [0.15, 0.2) is 0 Å². The Morgan fingerprint density at radius 3 is 3.00 bits per heavy atom. The number of tetrazole rings is 1. The summed E-state index contributed by atoms with van der Waals surface area (Å²) in [4.78, 5) is 0. The summed E-state index contributed by atoms with van der Waals surface area (Å²) in [6, 6.07) is 0. The van der Waals surface area contributed by atoms with Gasteiger partial charge < -0.3 is 10.4 Å². The van der Waals surface area contributed by atoms with Gasteiger partial charge in [-0.05, 0) is 10.4 Å². The van der Waals surface area contributed by atoms with Crippen molar-refractivity contribution >= 4 is 5.95 Å². The quantitative estimate of drug-likeness (QED) is 0.545. The third-order valence-corrected chi connectivity index (χ3v) is 1.02. The van der Waals surface area contributed by atoms with Gasteiger partial charge >= 0.3 is 0 Å². The lowest BCUT2D eigenvalue weighted by molar-refractivity contribution is 0.310. The minimum Gasteiger partial charge on any atom is -0.395 e. The predicted octanol–water partition coefficient (Wildman–Crippen LogP) is -1.39. The van der Waals surface area contributed by atoms with E-state index < -0.39 is 0 Å². The van der Waals surface area contributed by atoms with E-state index in [4.69, 9.17) is 5.11 Å². The zero-order chi connectivity index (χ0) is 7.40. The van der Waals surface area contributed by atoms with Crippen LogP contribution >= 0.6 is 0 Å². The molecule has 0 amide bonds. The highest BCUT2D eigenvalue weighted by atomic mass is 16.3. The van der Waals surface area contributed by atoms with Crippen LogP contribution in [0.5, 0.6) is 0 Å². The number of nitrogens with zero attached hydrogens (tertiary/aromatic N) is 4. The number of aromatic nitrogens is 4. The lowest BCUT2D eigenvalue weighted by Gasteiger charge is -1.98. The molecular formula is C4H9N5O. The van der Waals surface area contributed by atoms with Crippen molar-refractivity contribution in [2.24, 2.45) is 7.05 Å². The highest BCUT2D eigenvalue weighted by Crippen LogP contribution is 1.92. The van der Waals surface area contributed by atoms with Crippen molar-refractivity contribution in [1.82, 2.24) is 20.2 Å². The molecule has 0 saturated carbocycles. The Hall–Kier alpha value is -1.17. The van der Waals surface area contributed by atoms with Crippen molar-refractivity contribution in [3.63, 3.8) is 0 Å². The van der Waals surface area contributed by atoms with Crippen LogP contribution in [-0.2, 0) is 7.05 Å². The minimum absolute atomic E-state index is 0.0762. The second kappa shape index (κ2) is 3.11. The highest BCUT2D eigenvalue weighted by Gasteiger charge is 1.97. The highest BCUT2D eigenvalue weighted by molar-refractivity contribution is 5.20. The Bertz CT molecular complexity index is 197. The maximum atomic E-state index is 8.42. The van der Waals surface area contributed by atoms with E-state index in [1.165, 1.54) is 4.68 Å². The molecule has 0 aromatic carbocycles. The topological polar surface area (TPSA) is 75.9 Å². The molecule has 2 N–H and O–H groups in total. The van der Waals surface area contributed by atoms with Gasteiger partial charge in [-0.25, -0.2) is 4.68 Å². The molecule has 0 bridgehead atoms. The molecule has 1 heterocycles. The van der Waals surface area contributed by atoms with Crippen LogP contribution in [0.1, 0.15) is 0 Å². The van der Waals surface area contributed by atoms with Crippen LogP contribution in [0.15, 0.2) is 0 Å². The van der Waals surface area contributed by atoms with Crippen molar-refractivity contribution in [2.75, 3.05) is 18.5 Å². The molecule has 0 radical (unpaired) electrons. The number of hydrogen-bond acceptors (Lipinski definition) is 5. The molecule has 0 atom stereocenters. The fourth-order valence-electron chi connectivity index (χ4n) is 0.547. The standard InChI is InChI=1S/C4H9N5O/c1-9-4(5-2-3-10)6-7-8-9/h10H,2-3H2,1H3,(H,5,6,8). The zero-order valence-corrected chi connectivity index (χ0v) is 5.65. The third kappa shape index (κ3) is 1.41. The predicted molar refractivity (Wildman–Crippen MR) is 34.4 cm³/mol. The number of rotatable bonds is 3. The zero-order valence-electron chi connectivity index (χ0n) is 5.65. The van der Waals surface area contributed by atoms with Crippen LogP contribution in [0.25, 0.3) is 0 Å². The smallest absolute Gasteiger partial charge is 0.242 e. The van der Waals surface area contributed by atoms with Gasteiger partial charge in [-0.3, -0.25) is 0 Å². The Morgan fingerprint density at radius 1 is 1.70 bits per heavy atom. The van der Waals surface area contributed by atoms with Crippen LogP contribution in [-0.4, -0.2) is 38.5 Å². The molecule has 56 valence electrons. The molecule has 0 aliphatic heterocycles. The lowest BCUT2D eigenvalue weighted by atomic mass is 10.7. The molecule has 1 aromatic heterocycles. The van der Waals surface area contributed by atoms with Gasteiger partial charge in [0.2, 0.25) is 5.95 Å². The number of aliphatic hydroxyl groups is 1. The summed E-state index contributed by atoms with van der Waals surface area (Å²) in [7, 11) is 1.72. The van der Waals surface area contributed by atoms with Gasteiger partial charge in [-0.15, -0.1) is 0 Å². The summed E-state index contributed by atoms with van der Waals surface area (Å²) in [6.07, 6.45) is 0. The Kier molecular flexibility index (Phi) is 2.16. The van der Waals surface area contributed by atoms with E-state index >= 15 is 0 Å².